The maximum Gasteiger partial charge on any atom is 0.265 e. The Balaban J connectivity index is 1.75. The molecule has 9 nitrogen and oxygen atoms in total. The molecule has 9 heteroatoms. The molecule has 2 aliphatic rings. The van der Waals surface area contributed by atoms with Crippen LogP contribution in [0.1, 0.15) is 41.4 Å². The molecule has 0 bridgehead atoms. The van der Waals surface area contributed by atoms with E-state index in [1.165, 1.54) is 36.4 Å². The third kappa shape index (κ3) is 2.79. The van der Waals surface area contributed by atoms with Crippen LogP contribution in [-0.4, -0.2) is 69.9 Å². The van der Waals surface area contributed by atoms with Crippen molar-refractivity contribution in [2.75, 3.05) is 26.3 Å². The van der Waals surface area contributed by atoms with Crippen molar-refractivity contribution in [1.82, 2.24) is 9.80 Å². The van der Waals surface area contributed by atoms with E-state index >= 15 is 0 Å². The fourth-order valence-electron chi connectivity index (χ4n) is 3.50. The molecule has 2 aromatic carbocycles. The molecule has 0 unspecified atom stereocenters. The minimum Gasteiger partial charge on any atom is -0.456 e. The molecule has 0 saturated carbocycles. The van der Waals surface area contributed by atoms with Gasteiger partial charge in [0.1, 0.15) is 11.5 Å². The third-order valence-electron chi connectivity index (χ3n) is 4.79. The second kappa shape index (κ2) is 7.12. The molecule has 2 aliphatic heterocycles. The van der Waals surface area contributed by atoms with Crippen molar-refractivity contribution in [2.45, 2.75) is 0 Å². The predicted molar refractivity (Wildman–Crippen MR) is 97.9 cm³/mol. The highest BCUT2D eigenvalue weighted by atomic mass is 16.5. The van der Waals surface area contributed by atoms with Crippen LogP contribution < -0.4 is 4.74 Å². The first-order valence-corrected chi connectivity index (χ1v) is 8.87. The van der Waals surface area contributed by atoms with Crippen LogP contribution in [0.5, 0.6) is 11.5 Å². The van der Waals surface area contributed by atoms with Crippen LogP contribution in [-0.2, 0) is 0 Å². The highest BCUT2D eigenvalue weighted by molar-refractivity contribution is 6.23. The zero-order valence-electron chi connectivity index (χ0n) is 15.1. The number of hydrogen-bond acceptors (Lipinski definition) is 7. The van der Waals surface area contributed by atoms with E-state index in [9.17, 15) is 19.2 Å². The monoisotopic (exact) mass is 396 g/mol. The first-order chi connectivity index (χ1) is 14.0. The molecular formula is C20H16N2O7. The van der Waals surface area contributed by atoms with Crippen molar-refractivity contribution in [3.63, 3.8) is 0 Å². The molecule has 0 aromatic heterocycles. The lowest BCUT2D eigenvalue weighted by Crippen LogP contribution is -2.32. The fraction of sp³-hybridized carbons (Fsp3) is 0.200. The lowest BCUT2D eigenvalue weighted by molar-refractivity contribution is 0.0611. The first-order valence-electron chi connectivity index (χ1n) is 8.87. The lowest BCUT2D eigenvalue weighted by Gasteiger charge is -2.13. The second-order valence-electron chi connectivity index (χ2n) is 6.43. The van der Waals surface area contributed by atoms with Gasteiger partial charge in [-0.2, -0.15) is 0 Å². The van der Waals surface area contributed by atoms with Crippen molar-refractivity contribution < 1.29 is 34.1 Å². The normalized spacial score (nSPS) is 15.2. The van der Waals surface area contributed by atoms with Gasteiger partial charge in [0.25, 0.3) is 23.6 Å². The quantitative estimate of drug-likeness (QED) is 0.687. The number of rotatable bonds is 6. The van der Waals surface area contributed by atoms with Gasteiger partial charge >= 0.3 is 0 Å². The Kier molecular flexibility index (Phi) is 4.61. The van der Waals surface area contributed by atoms with Gasteiger partial charge in [0.2, 0.25) is 0 Å². The molecule has 4 amide bonds. The van der Waals surface area contributed by atoms with E-state index in [0.29, 0.717) is 0 Å². The van der Waals surface area contributed by atoms with Crippen molar-refractivity contribution in [3.05, 3.63) is 58.7 Å². The van der Waals surface area contributed by atoms with Gasteiger partial charge in [-0.05, 0) is 24.3 Å². The Morgan fingerprint density at radius 2 is 1.07 bits per heavy atom. The first kappa shape index (κ1) is 18.8. The van der Waals surface area contributed by atoms with Crippen molar-refractivity contribution in [2.24, 2.45) is 0 Å². The zero-order valence-corrected chi connectivity index (χ0v) is 15.1. The number of aliphatic hydroxyl groups excluding tert-OH is 2. The molecule has 0 radical (unpaired) electrons. The lowest BCUT2D eigenvalue weighted by atomic mass is 10.1. The Hall–Kier alpha value is -3.56. The van der Waals surface area contributed by atoms with Crippen molar-refractivity contribution in [3.8, 4) is 11.5 Å². The number of carbonyl (C=O) groups excluding carboxylic acids is 4. The van der Waals surface area contributed by atoms with Crippen LogP contribution in [0.4, 0.5) is 0 Å². The molecule has 0 aliphatic carbocycles. The molecule has 0 atom stereocenters. The predicted octanol–water partition coefficient (Wildman–Crippen LogP) is 0.655. The SMILES string of the molecule is O=C1c2cccc(Oc3cccc4c3C(=O)N(CCO)C4=O)c2C(=O)N1CCO. The van der Waals surface area contributed by atoms with E-state index in [1.807, 2.05) is 0 Å². The molecule has 148 valence electrons. The average Bonchev–Trinajstić information content (AvgIpc) is 3.11. The number of nitrogens with zero attached hydrogens (tertiary/aromatic N) is 2. The Morgan fingerprint density at radius 1 is 0.655 bits per heavy atom. The highest BCUT2D eigenvalue weighted by Gasteiger charge is 2.40. The minimum absolute atomic E-state index is 0.0348. The second-order valence-corrected chi connectivity index (χ2v) is 6.43. The van der Waals surface area contributed by atoms with Crippen LogP contribution in [0.15, 0.2) is 36.4 Å². The maximum atomic E-state index is 12.7. The number of fused-ring (bicyclic) bond motifs is 2. The fourth-order valence-corrected chi connectivity index (χ4v) is 3.50. The van der Waals surface area contributed by atoms with E-state index in [4.69, 9.17) is 14.9 Å². The van der Waals surface area contributed by atoms with E-state index in [1.54, 1.807) is 0 Å². The summed E-state index contributed by atoms with van der Waals surface area (Å²) in [6, 6.07) is 9.00. The number of amides is 4. The molecule has 2 heterocycles. The van der Waals surface area contributed by atoms with Gasteiger partial charge in [-0.3, -0.25) is 29.0 Å². The number of aliphatic hydroxyl groups is 2. The minimum atomic E-state index is -0.605. The van der Waals surface area contributed by atoms with Gasteiger partial charge in [-0.25, -0.2) is 0 Å². The van der Waals surface area contributed by atoms with Gasteiger partial charge in [0.05, 0.1) is 48.6 Å². The summed E-state index contributed by atoms with van der Waals surface area (Å²) in [7, 11) is 0. The van der Waals surface area contributed by atoms with Crippen LogP contribution in [0.2, 0.25) is 0 Å². The Bertz CT molecular complexity index is 979. The summed E-state index contributed by atoms with van der Waals surface area (Å²) >= 11 is 0. The Labute approximate surface area is 164 Å². The molecule has 0 saturated heterocycles. The molecular weight excluding hydrogens is 380 g/mol. The summed E-state index contributed by atoms with van der Waals surface area (Å²) in [4.78, 5) is 52.0. The van der Waals surface area contributed by atoms with Crippen LogP contribution in [0.3, 0.4) is 0 Å². The molecule has 4 rings (SSSR count). The summed E-state index contributed by atoms with van der Waals surface area (Å²) < 4.78 is 5.83. The highest BCUT2D eigenvalue weighted by Crippen LogP contribution is 2.37. The van der Waals surface area contributed by atoms with Crippen LogP contribution >= 0.6 is 0 Å². The van der Waals surface area contributed by atoms with E-state index in [2.05, 4.69) is 0 Å². The maximum absolute atomic E-state index is 12.7. The van der Waals surface area contributed by atoms with Crippen LogP contribution in [0, 0.1) is 0 Å². The molecule has 0 fully saturated rings. The average molecular weight is 396 g/mol. The van der Waals surface area contributed by atoms with E-state index < -0.39 is 23.6 Å². The number of hydrogen-bond donors (Lipinski definition) is 2. The van der Waals surface area contributed by atoms with Gasteiger partial charge < -0.3 is 14.9 Å². The molecule has 29 heavy (non-hydrogen) atoms. The molecule has 0 spiro atoms. The van der Waals surface area contributed by atoms with Crippen molar-refractivity contribution >= 4 is 23.6 Å². The summed E-state index contributed by atoms with van der Waals surface area (Å²) in [5.41, 5.74) is 0.343. The topological polar surface area (TPSA) is 124 Å². The van der Waals surface area contributed by atoms with Gasteiger partial charge in [0, 0.05) is 0 Å². The number of ether oxygens (including phenoxy) is 1. The number of β-amino-alcohol motifs (C(OH)–C–C–N with tert-alkyl or cyclic N) is 2. The van der Waals surface area contributed by atoms with Crippen molar-refractivity contribution in [1.29, 1.82) is 0 Å². The number of carbonyl (C=O) groups is 4. The summed E-state index contributed by atoms with van der Waals surface area (Å²) in [5.74, 6) is -2.16. The standard InChI is InChI=1S/C20H16N2O7/c23-9-7-21-17(25)11-3-1-5-13(15(11)19(21)27)29-14-6-2-4-12-16(14)20(28)22(8-10-24)18(12)26/h1-6,23-24H,7-10H2. The summed E-state index contributed by atoms with van der Waals surface area (Å²) in [6.45, 7) is -1.03. The molecule has 2 aromatic rings. The zero-order chi connectivity index (χ0) is 20.7. The Morgan fingerprint density at radius 3 is 1.45 bits per heavy atom. The summed E-state index contributed by atoms with van der Waals surface area (Å²) in [6.07, 6.45) is 0. The number of imide groups is 2. The van der Waals surface area contributed by atoms with E-state index in [-0.39, 0.29) is 60.1 Å². The van der Waals surface area contributed by atoms with Gasteiger partial charge in [-0.1, -0.05) is 12.1 Å². The van der Waals surface area contributed by atoms with E-state index in [0.717, 1.165) is 9.80 Å². The third-order valence-corrected chi connectivity index (χ3v) is 4.79. The van der Waals surface area contributed by atoms with Gasteiger partial charge in [0.15, 0.2) is 0 Å². The smallest absolute Gasteiger partial charge is 0.265 e. The van der Waals surface area contributed by atoms with Gasteiger partial charge in [-0.15, -0.1) is 0 Å². The summed E-state index contributed by atoms with van der Waals surface area (Å²) in [5, 5.41) is 18.2. The largest absolute Gasteiger partial charge is 0.456 e. The molecule has 2 N–H and O–H groups in total. The number of benzene rings is 2. The van der Waals surface area contributed by atoms with Crippen LogP contribution in [0.25, 0.3) is 0 Å².